The van der Waals surface area contributed by atoms with Gasteiger partial charge in [-0.05, 0) is 24.3 Å². The van der Waals surface area contributed by atoms with E-state index in [1.54, 1.807) is 18.2 Å². The Morgan fingerprint density at radius 3 is 2.43 bits per heavy atom. The molecule has 2 rings (SSSR count). The van der Waals surface area contributed by atoms with E-state index in [-0.39, 0.29) is 5.56 Å². The molecule has 3 N–H and O–H groups in total. The van der Waals surface area contributed by atoms with Crippen LogP contribution in [0.1, 0.15) is 17.2 Å². The molecule has 21 heavy (non-hydrogen) atoms. The van der Waals surface area contributed by atoms with Gasteiger partial charge in [0.25, 0.3) is 0 Å². The second-order valence-corrected chi connectivity index (χ2v) is 4.35. The molecule has 2 aromatic rings. The largest absolute Gasteiger partial charge is 0.493 e. The summed E-state index contributed by atoms with van der Waals surface area (Å²) in [6.07, 6.45) is 0. The van der Waals surface area contributed by atoms with Gasteiger partial charge in [0.05, 0.1) is 20.3 Å². The Kier molecular flexibility index (Phi) is 4.72. The molecule has 0 heterocycles. The van der Waals surface area contributed by atoms with Crippen molar-refractivity contribution >= 4 is 0 Å². The maximum Gasteiger partial charge on any atom is 0.165 e. The quantitative estimate of drug-likeness (QED) is 0.657. The molecule has 0 spiro atoms. The molecule has 1 unspecified atom stereocenters. The molecular formula is C15H16F2N2O2. The summed E-state index contributed by atoms with van der Waals surface area (Å²) in [5.41, 5.74) is 3.12. The fourth-order valence-electron chi connectivity index (χ4n) is 2.22. The SMILES string of the molecule is COc1cccc(C(NN)c2cc(F)ccc2F)c1OC. The van der Waals surface area contributed by atoms with Crippen LogP contribution in [-0.4, -0.2) is 14.2 Å². The minimum atomic E-state index is -0.772. The Morgan fingerprint density at radius 1 is 1.05 bits per heavy atom. The summed E-state index contributed by atoms with van der Waals surface area (Å²) in [7, 11) is 2.96. The van der Waals surface area contributed by atoms with Gasteiger partial charge in [-0.25, -0.2) is 14.2 Å². The Morgan fingerprint density at radius 2 is 1.81 bits per heavy atom. The van der Waals surface area contributed by atoms with E-state index in [0.717, 1.165) is 18.2 Å². The van der Waals surface area contributed by atoms with E-state index < -0.39 is 17.7 Å². The van der Waals surface area contributed by atoms with Crippen LogP contribution in [0.3, 0.4) is 0 Å². The molecule has 0 saturated heterocycles. The number of rotatable bonds is 5. The molecule has 112 valence electrons. The average molecular weight is 294 g/mol. The van der Waals surface area contributed by atoms with Gasteiger partial charge in [0.15, 0.2) is 11.5 Å². The number of ether oxygens (including phenoxy) is 2. The van der Waals surface area contributed by atoms with Crippen molar-refractivity contribution in [1.29, 1.82) is 0 Å². The van der Waals surface area contributed by atoms with E-state index in [1.807, 2.05) is 0 Å². The molecule has 0 aromatic heterocycles. The number of hydrogen-bond donors (Lipinski definition) is 2. The van der Waals surface area contributed by atoms with E-state index in [4.69, 9.17) is 15.3 Å². The van der Waals surface area contributed by atoms with Crippen molar-refractivity contribution < 1.29 is 18.3 Å². The van der Waals surface area contributed by atoms with Crippen molar-refractivity contribution in [2.75, 3.05) is 14.2 Å². The zero-order valence-corrected chi connectivity index (χ0v) is 11.7. The van der Waals surface area contributed by atoms with E-state index in [1.165, 1.54) is 14.2 Å². The number of nitrogens with two attached hydrogens (primary N) is 1. The molecule has 0 aliphatic rings. The third-order valence-corrected chi connectivity index (χ3v) is 3.18. The highest BCUT2D eigenvalue weighted by molar-refractivity contribution is 5.50. The summed E-state index contributed by atoms with van der Waals surface area (Å²) in [4.78, 5) is 0. The Bertz CT molecular complexity index is 635. The molecule has 0 radical (unpaired) electrons. The number of para-hydroxylation sites is 1. The van der Waals surface area contributed by atoms with Crippen LogP contribution < -0.4 is 20.7 Å². The van der Waals surface area contributed by atoms with Crippen LogP contribution in [0.2, 0.25) is 0 Å². The van der Waals surface area contributed by atoms with Gasteiger partial charge in [-0.2, -0.15) is 0 Å². The van der Waals surface area contributed by atoms with Gasteiger partial charge in [-0.3, -0.25) is 5.84 Å². The van der Waals surface area contributed by atoms with Gasteiger partial charge in [0.1, 0.15) is 11.6 Å². The first-order chi connectivity index (χ1) is 10.1. The number of methoxy groups -OCH3 is 2. The summed E-state index contributed by atoms with van der Waals surface area (Å²) in [6.45, 7) is 0. The van der Waals surface area contributed by atoms with Crippen molar-refractivity contribution in [2.45, 2.75) is 6.04 Å². The highest BCUT2D eigenvalue weighted by atomic mass is 19.1. The van der Waals surface area contributed by atoms with Gasteiger partial charge in [0.2, 0.25) is 0 Å². The van der Waals surface area contributed by atoms with Crippen LogP contribution in [0.25, 0.3) is 0 Å². The van der Waals surface area contributed by atoms with Gasteiger partial charge < -0.3 is 9.47 Å². The van der Waals surface area contributed by atoms with Crippen LogP contribution in [-0.2, 0) is 0 Å². The lowest BCUT2D eigenvalue weighted by molar-refractivity contribution is 0.348. The maximum absolute atomic E-state index is 14.0. The highest BCUT2D eigenvalue weighted by Crippen LogP contribution is 2.37. The van der Waals surface area contributed by atoms with E-state index >= 15 is 0 Å². The summed E-state index contributed by atoms with van der Waals surface area (Å²) >= 11 is 0. The van der Waals surface area contributed by atoms with E-state index in [0.29, 0.717) is 17.1 Å². The molecule has 0 fully saturated rings. The van der Waals surface area contributed by atoms with Crippen LogP contribution in [0.4, 0.5) is 8.78 Å². The first-order valence-corrected chi connectivity index (χ1v) is 6.24. The van der Waals surface area contributed by atoms with Gasteiger partial charge in [-0.15, -0.1) is 0 Å². The van der Waals surface area contributed by atoms with Crippen molar-refractivity contribution in [3.8, 4) is 11.5 Å². The smallest absolute Gasteiger partial charge is 0.165 e. The number of nitrogens with one attached hydrogen (secondary N) is 1. The summed E-state index contributed by atoms with van der Waals surface area (Å²) in [5.74, 6) is 5.31. The van der Waals surface area contributed by atoms with Crippen molar-refractivity contribution in [3.63, 3.8) is 0 Å². The molecule has 0 aliphatic carbocycles. The Labute approximate surface area is 121 Å². The zero-order chi connectivity index (χ0) is 15.4. The predicted octanol–water partition coefficient (Wildman–Crippen LogP) is 2.53. The first kappa shape index (κ1) is 15.2. The number of hydrogen-bond acceptors (Lipinski definition) is 4. The van der Waals surface area contributed by atoms with Crippen molar-refractivity contribution in [3.05, 3.63) is 59.2 Å². The van der Waals surface area contributed by atoms with Gasteiger partial charge in [-0.1, -0.05) is 12.1 Å². The predicted molar refractivity (Wildman–Crippen MR) is 75.1 cm³/mol. The average Bonchev–Trinajstić information content (AvgIpc) is 2.51. The van der Waals surface area contributed by atoms with Gasteiger partial charge >= 0.3 is 0 Å². The highest BCUT2D eigenvalue weighted by Gasteiger charge is 2.22. The topological polar surface area (TPSA) is 56.5 Å². The lowest BCUT2D eigenvalue weighted by atomic mass is 9.97. The molecular weight excluding hydrogens is 278 g/mol. The standard InChI is InChI=1S/C15H16F2N2O2/c1-20-13-5-3-4-10(15(13)21-2)14(19-18)11-8-9(16)6-7-12(11)17/h3-8,14,19H,18H2,1-2H3. The van der Waals surface area contributed by atoms with Crippen LogP contribution in [0, 0.1) is 11.6 Å². The third-order valence-electron chi connectivity index (χ3n) is 3.18. The molecule has 0 aliphatic heterocycles. The molecule has 0 saturated carbocycles. The van der Waals surface area contributed by atoms with Crippen LogP contribution in [0.15, 0.2) is 36.4 Å². The number of hydrazine groups is 1. The van der Waals surface area contributed by atoms with Gasteiger partial charge in [0, 0.05) is 11.1 Å². The molecule has 4 nitrogen and oxygen atoms in total. The summed E-state index contributed by atoms with van der Waals surface area (Å²) < 4.78 is 37.9. The fourth-order valence-corrected chi connectivity index (χ4v) is 2.22. The monoisotopic (exact) mass is 294 g/mol. The lowest BCUT2D eigenvalue weighted by Crippen LogP contribution is -2.30. The first-order valence-electron chi connectivity index (χ1n) is 6.24. The van der Waals surface area contributed by atoms with Crippen molar-refractivity contribution in [1.82, 2.24) is 5.43 Å². The minimum absolute atomic E-state index is 0.0871. The van der Waals surface area contributed by atoms with Crippen LogP contribution in [0.5, 0.6) is 11.5 Å². The Hall–Kier alpha value is -2.18. The fraction of sp³-hybridized carbons (Fsp3) is 0.200. The summed E-state index contributed by atoms with van der Waals surface area (Å²) in [6, 6.07) is 7.56. The second-order valence-electron chi connectivity index (χ2n) is 4.35. The van der Waals surface area contributed by atoms with Crippen molar-refractivity contribution in [2.24, 2.45) is 5.84 Å². The number of benzene rings is 2. The minimum Gasteiger partial charge on any atom is -0.493 e. The second kappa shape index (κ2) is 6.51. The zero-order valence-electron chi connectivity index (χ0n) is 11.7. The molecule has 1 atom stereocenters. The maximum atomic E-state index is 14.0. The van der Waals surface area contributed by atoms with Crippen LogP contribution >= 0.6 is 0 Å². The lowest BCUT2D eigenvalue weighted by Gasteiger charge is -2.21. The molecule has 0 bridgehead atoms. The van der Waals surface area contributed by atoms with E-state index in [9.17, 15) is 8.78 Å². The van der Waals surface area contributed by atoms with E-state index in [2.05, 4.69) is 5.43 Å². The molecule has 2 aromatic carbocycles. The Balaban J connectivity index is 2.59. The molecule has 0 amide bonds. The summed E-state index contributed by atoms with van der Waals surface area (Å²) in [5, 5.41) is 0. The third kappa shape index (κ3) is 2.96. The molecule has 6 heteroatoms. The number of halogens is 2. The normalized spacial score (nSPS) is 12.0.